The van der Waals surface area contributed by atoms with Crippen LogP contribution >= 0.6 is 0 Å². The molecular weight excluding hydrogens is 226 g/mol. The molecule has 0 radical (unpaired) electrons. The SMILES string of the molecule is CCOc1ccc(CC(=O)C2CCCNC2)cc1. The fraction of sp³-hybridized carbons (Fsp3) is 0.533. The van der Waals surface area contributed by atoms with Crippen LogP contribution in [-0.4, -0.2) is 25.5 Å². The highest BCUT2D eigenvalue weighted by molar-refractivity contribution is 5.83. The largest absolute Gasteiger partial charge is 0.494 e. The number of hydrogen-bond donors (Lipinski definition) is 1. The van der Waals surface area contributed by atoms with E-state index in [1.54, 1.807) is 0 Å². The van der Waals surface area contributed by atoms with E-state index in [1.165, 1.54) is 0 Å². The molecule has 0 aliphatic carbocycles. The smallest absolute Gasteiger partial charge is 0.141 e. The van der Waals surface area contributed by atoms with E-state index in [2.05, 4.69) is 5.32 Å². The topological polar surface area (TPSA) is 38.3 Å². The fourth-order valence-electron chi connectivity index (χ4n) is 2.34. The predicted molar refractivity (Wildman–Crippen MR) is 71.9 cm³/mol. The summed E-state index contributed by atoms with van der Waals surface area (Å²) in [6, 6.07) is 7.84. The van der Waals surface area contributed by atoms with E-state index < -0.39 is 0 Å². The molecule has 1 saturated heterocycles. The highest BCUT2D eigenvalue weighted by Crippen LogP contribution is 2.16. The zero-order valence-electron chi connectivity index (χ0n) is 10.9. The van der Waals surface area contributed by atoms with Gasteiger partial charge in [-0.1, -0.05) is 12.1 Å². The lowest BCUT2D eigenvalue weighted by molar-refractivity contribution is -0.122. The minimum absolute atomic E-state index is 0.199. The van der Waals surface area contributed by atoms with Crippen molar-refractivity contribution >= 4 is 5.78 Å². The van der Waals surface area contributed by atoms with Gasteiger partial charge in [-0.25, -0.2) is 0 Å². The molecule has 2 rings (SSSR count). The van der Waals surface area contributed by atoms with Crippen molar-refractivity contribution in [1.29, 1.82) is 0 Å². The molecule has 0 saturated carbocycles. The summed E-state index contributed by atoms with van der Waals surface area (Å²) in [5.41, 5.74) is 1.08. The number of rotatable bonds is 5. The van der Waals surface area contributed by atoms with Gasteiger partial charge in [-0.05, 0) is 44.0 Å². The average Bonchev–Trinajstić information content (AvgIpc) is 2.42. The fourth-order valence-corrected chi connectivity index (χ4v) is 2.34. The molecule has 1 fully saturated rings. The van der Waals surface area contributed by atoms with E-state index in [1.807, 2.05) is 31.2 Å². The summed E-state index contributed by atoms with van der Waals surface area (Å²) < 4.78 is 5.39. The van der Waals surface area contributed by atoms with Gasteiger partial charge < -0.3 is 10.1 Å². The number of carbonyl (C=O) groups excluding carboxylic acids is 1. The van der Waals surface area contributed by atoms with Crippen LogP contribution in [0.3, 0.4) is 0 Å². The highest BCUT2D eigenvalue weighted by atomic mass is 16.5. The standard InChI is InChI=1S/C15H21NO2/c1-2-18-14-7-5-12(6-8-14)10-15(17)13-4-3-9-16-11-13/h5-8,13,16H,2-4,9-11H2,1H3. The highest BCUT2D eigenvalue weighted by Gasteiger charge is 2.20. The molecule has 1 aliphatic heterocycles. The van der Waals surface area contributed by atoms with Crippen LogP contribution in [0.4, 0.5) is 0 Å². The number of nitrogens with one attached hydrogen (secondary N) is 1. The van der Waals surface area contributed by atoms with Crippen molar-refractivity contribution in [2.75, 3.05) is 19.7 Å². The van der Waals surface area contributed by atoms with Gasteiger partial charge in [-0.2, -0.15) is 0 Å². The molecule has 0 amide bonds. The second-order valence-electron chi connectivity index (χ2n) is 4.76. The molecule has 3 heteroatoms. The molecule has 1 atom stereocenters. The van der Waals surface area contributed by atoms with Gasteiger partial charge in [-0.15, -0.1) is 0 Å². The number of piperidine rings is 1. The van der Waals surface area contributed by atoms with Crippen LogP contribution in [-0.2, 0) is 11.2 Å². The number of benzene rings is 1. The summed E-state index contributed by atoms with van der Waals surface area (Å²) in [7, 11) is 0. The third kappa shape index (κ3) is 3.57. The zero-order chi connectivity index (χ0) is 12.8. The first-order chi connectivity index (χ1) is 8.79. The Labute approximate surface area is 109 Å². The molecule has 3 nitrogen and oxygen atoms in total. The Morgan fingerprint density at radius 3 is 2.78 bits per heavy atom. The molecule has 0 bridgehead atoms. The number of Topliss-reactive ketones (excluding diaryl/α,β-unsaturated/α-hetero) is 1. The quantitative estimate of drug-likeness (QED) is 0.867. The normalized spacial score (nSPS) is 19.5. The van der Waals surface area contributed by atoms with E-state index in [4.69, 9.17) is 4.74 Å². The van der Waals surface area contributed by atoms with E-state index in [9.17, 15) is 4.79 Å². The minimum Gasteiger partial charge on any atom is -0.494 e. The molecule has 18 heavy (non-hydrogen) atoms. The van der Waals surface area contributed by atoms with Gasteiger partial charge in [-0.3, -0.25) is 4.79 Å². The van der Waals surface area contributed by atoms with Crippen LogP contribution in [0.25, 0.3) is 0 Å². The van der Waals surface area contributed by atoms with E-state index in [0.29, 0.717) is 18.8 Å². The Morgan fingerprint density at radius 1 is 1.39 bits per heavy atom. The lowest BCUT2D eigenvalue weighted by Crippen LogP contribution is -2.35. The molecule has 1 aromatic rings. The Hall–Kier alpha value is -1.35. The Kier molecular flexibility index (Phi) is 4.76. The van der Waals surface area contributed by atoms with Gasteiger partial charge in [0.15, 0.2) is 0 Å². The Morgan fingerprint density at radius 2 is 2.17 bits per heavy atom. The second kappa shape index (κ2) is 6.55. The van der Waals surface area contributed by atoms with E-state index >= 15 is 0 Å². The third-order valence-electron chi connectivity index (χ3n) is 3.36. The van der Waals surface area contributed by atoms with Crippen LogP contribution < -0.4 is 10.1 Å². The number of carbonyl (C=O) groups is 1. The van der Waals surface area contributed by atoms with Gasteiger partial charge in [0.2, 0.25) is 0 Å². The van der Waals surface area contributed by atoms with Gasteiger partial charge >= 0.3 is 0 Å². The predicted octanol–water partition coefficient (Wildman–Crippen LogP) is 2.20. The lowest BCUT2D eigenvalue weighted by atomic mass is 9.91. The molecule has 1 aliphatic rings. The molecule has 0 spiro atoms. The molecular formula is C15H21NO2. The molecule has 0 aromatic heterocycles. The van der Waals surface area contributed by atoms with Crippen LogP contribution in [0.15, 0.2) is 24.3 Å². The Balaban J connectivity index is 1.89. The minimum atomic E-state index is 0.199. The maximum Gasteiger partial charge on any atom is 0.141 e. The van der Waals surface area contributed by atoms with Crippen LogP contribution in [0, 0.1) is 5.92 Å². The van der Waals surface area contributed by atoms with Crippen molar-refractivity contribution in [1.82, 2.24) is 5.32 Å². The maximum absolute atomic E-state index is 12.1. The third-order valence-corrected chi connectivity index (χ3v) is 3.36. The molecule has 1 aromatic carbocycles. The van der Waals surface area contributed by atoms with Crippen LogP contribution in [0.2, 0.25) is 0 Å². The number of ether oxygens (including phenoxy) is 1. The van der Waals surface area contributed by atoms with Crippen molar-refractivity contribution in [3.8, 4) is 5.75 Å². The van der Waals surface area contributed by atoms with E-state index in [-0.39, 0.29) is 5.92 Å². The Bertz CT molecular complexity index is 380. The number of ketones is 1. The van der Waals surface area contributed by atoms with Gasteiger partial charge in [0.05, 0.1) is 6.61 Å². The van der Waals surface area contributed by atoms with Crippen molar-refractivity contribution < 1.29 is 9.53 Å². The molecule has 1 heterocycles. The van der Waals surface area contributed by atoms with Gasteiger partial charge in [0.25, 0.3) is 0 Å². The van der Waals surface area contributed by atoms with Crippen molar-refractivity contribution in [2.45, 2.75) is 26.2 Å². The maximum atomic E-state index is 12.1. The van der Waals surface area contributed by atoms with Gasteiger partial charge in [0, 0.05) is 18.9 Å². The van der Waals surface area contributed by atoms with Crippen LogP contribution in [0.5, 0.6) is 5.75 Å². The summed E-state index contributed by atoms with van der Waals surface area (Å²) in [4.78, 5) is 12.1. The second-order valence-corrected chi connectivity index (χ2v) is 4.76. The first kappa shape index (κ1) is 13.1. The first-order valence-corrected chi connectivity index (χ1v) is 6.74. The first-order valence-electron chi connectivity index (χ1n) is 6.74. The average molecular weight is 247 g/mol. The molecule has 1 N–H and O–H groups in total. The van der Waals surface area contributed by atoms with Crippen LogP contribution in [0.1, 0.15) is 25.3 Å². The van der Waals surface area contributed by atoms with Crippen molar-refractivity contribution in [3.05, 3.63) is 29.8 Å². The monoisotopic (exact) mass is 247 g/mol. The summed E-state index contributed by atoms with van der Waals surface area (Å²) >= 11 is 0. The lowest BCUT2D eigenvalue weighted by Gasteiger charge is -2.21. The van der Waals surface area contributed by atoms with Crippen molar-refractivity contribution in [3.63, 3.8) is 0 Å². The molecule has 98 valence electrons. The summed E-state index contributed by atoms with van der Waals surface area (Å²) in [6.07, 6.45) is 2.68. The van der Waals surface area contributed by atoms with Crippen molar-refractivity contribution in [2.24, 2.45) is 5.92 Å². The van der Waals surface area contributed by atoms with E-state index in [0.717, 1.165) is 37.2 Å². The summed E-state index contributed by atoms with van der Waals surface area (Å²) in [6.45, 7) is 4.53. The summed E-state index contributed by atoms with van der Waals surface area (Å²) in [5.74, 6) is 1.42. The molecule has 1 unspecified atom stereocenters. The zero-order valence-corrected chi connectivity index (χ0v) is 10.9. The number of hydrogen-bond acceptors (Lipinski definition) is 3. The summed E-state index contributed by atoms with van der Waals surface area (Å²) in [5, 5.41) is 3.29. The van der Waals surface area contributed by atoms with Gasteiger partial charge in [0.1, 0.15) is 11.5 Å².